The van der Waals surface area contributed by atoms with Gasteiger partial charge in [-0.3, -0.25) is 4.79 Å². The van der Waals surface area contributed by atoms with Gasteiger partial charge in [0.15, 0.2) is 5.78 Å². The van der Waals surface area contributed by atoms with Gasteiger partial charge in [-0.15, -0.1) is 0 Å². The molecule has 0 aromatic heterocycles. The fourth-order valence-electron chi connectivity index (χ4n) is 2.86. The molecule has 3 N–H and O–H groups in total. The molecule has 0 bridgehead atoms. The van der Waals surface area contributed by atoms with Gasteiger partial charge in [0.1, 0.15) is 16.7 Å². The molecule has 2 atom stereocenters. The van der Waals surface area contributed by atoms with Crippen molar-refractivity contribution in [1.82, 2.24) is 4.72 Å². The van der Waals surface area contributed by atoms with E-state index in [-0.39, 0.29) is 11.7 Å². The number of anilines is 1. The Hall–Kier alpha value is -2.86. The molecule has 0 amide bonds. The standard InChI is InChI=1S/C22H24N2O3S/c1-15-6-11-22(21(23)12-15)27-14-17-7-9-19(10-8-17)24-28(26)20-5-3-4-18(13-20)16(2)25/h3-7,9-13,17,24H,8,14,23H2,1-2H3. The normalized spacial score (nSPS) is 16.9. The minimum absolute atomic E-state index is 0.0484. The van der Waals surface area contributed by atoms with Gasteiger partial charge in [0.2, 0.25) is 0 Å². The van der Waals surface area contributed by atoms with Crippen molar-refractivity contribution in [2.45, 2.75) is 25.2 Å². The Labute approximate surface area is 167 Å². The van der Waals surface area contributed by atoms with Crippen molar-refractivity contribution in [2.75, 3.05) is 12.3 Å². The van der Waals surface area contributed by atoms with Gasteiger partial charge < -0.3 is 15.2 Å². The number of hydrogen-bond donors (Lipinski definition) is 2. The SMILES string of the molecule is CC(=O)c1cccc(S(=O)NC2=CCC(COc3ccc(C)cc3N)C=C2)c1. The number of nitrogens with two attached hydrogens (primary N) is 1. The maximum absolute atomic E-state index is 12.5. The molecule has 5 nitrogen and oxygen atoms in total. The van der Waals surface area contributed by atoms with Crippen LogP contribution in [0.25, 0.3) is 0 Å². The summed E-state index contributed by atoms with van der Waals surface area (Å²) in [5.74, 6) is 0.867. The van der Waals surface area contributed by atoms with Gasteiger partial charge in [-0.1, -0.05) is 30.4 Å². The van der Waals surface area contributed by atoms with E-state index in [2.05, 4.69) is 4.72 Å². The Balaban J connectivity index is 1.54. The first-order valence-electron chi connectivity index (χ1n) is 9.09. The zero-order chi connectivity index (χ0) is 20.1. The summed E-state index contributed by atoms with van der Waals surface area (Å²) in [6, 6.07) is 12.6. The van der Waals surface area contributed by atoms with Crippen molar-refractivity contribution < 1.29 is 13.7 Å². The predicted octanol–water partition coefficient (Wildman–Crippen LogP) is 3.93. The summed E-state index contributed by atoms with van der Waals surface area (Å²) in [4.78, 5) is 12.1. The number of carbonyl (C=O) groups is 1. The van der Waals surface area contributed by atoms with Gasteiger partial charge in [-0.2, -0.15) is 0 Å². The van der Waals surface area contributed by atoms with Gasteiger partial charge in [0, 0.05) is 17.2 Å². The summed E-state index contributed by atoms with van der Waals surface area (Å²) in [7, 11) is -1.43. The third kappa shape index (κ3) is 5.10. The third-order valence-electron chi connectivity index (χ3n) is 4.47. The van der Waals surface area contributed by atoms with Gasteiger partial charge in [0.05, 0.1) is 17.2 Å². The molecule has 2 unspecified atom stereocenters. The molecule has 0 spiro atoms. The predicted molar refractivity (Wildman–Crippen MR) is 112 cm³/mol. The Kier molecular flexibility index (Phi) is 6.31. The number of nitrogens with one attached hydrogen (secondary N) is 1. The minimum atomic E-state index is -1.43. The zero-order valence-electron chi connectivity index (χ0n) is 16.0. The van der Waals surface area contributed by atoms with Crippen LogP contribution >= 0.6 is 0 Å². The smallest absolute Gasteiger partial charge is 0.159 e. The van der Waals surface area contributed by atoms with Crippen LogP contribution in [0.1, 0.15) is 29.3 Å². The van der Waals surface area contributed by atoms with Crippen molar-refractivity contribution in [1.29, 1.82) is 0 Å². The van der Waals surface area contributed by atoms with E-state index < -0.39 is 11.0 Å². The highest BCUT2D eigenvalue weighted by Crippen LogP contribution is 2.24. The number of Topliss-reactive ketones (excluding diaryl/α,β-unsaturated/α-hetero) is 1. The van der Waals surface area contributed by atoms with Crippen molar-refractivity contribution in [3.05, 3.63) is 77.5 Å². The summed E-state index contributed by atoms with van der Waals surface area (Å²) >= 11 is 0. The van der Waals surface area contributed by atoms with Crippen LogP contribution in [0.3, 0.4) is 0 Å². The van der Waals surface area contributed by atoms with E-state index in [1.165, 1.54) is 6.92 Å². The molecule has 6 heteroatoms. The molecule has 3 rings (SSSR count). The van der Waals surface area contributed by atoms with E-state index in [1.54, 1.807) is 24.3 Å². The molecule has 0 saturated heterocycles. The van der Waals surface area contributed by atoms with Crippen LogP contribution in [0.5, 0.6) is 5.75 Å². The fraction of sp³-hybridized carbons (Fsp3) is 0.227. The van der Waals surface area contributed by atoms with Gasteiger partial charge in [-0.05, 0) is 56.2 Å². The minimum Gasteiger partial charge on any atom is -0.491 e. The van der Waals surface area contributed by atoms with Crippen LogP contribution in [0.4, 0.5) is 5.69 Å². The van der Waals surface area contributed by atoms with E-state index in [1.807, 2.05) is 43.4 Å². The van der Waals surface area contributed by atoms with Crippen LogP contribution < -0.4 is 15.2 Å². The molecular weight excluding hydrogens is 372 g/mol. The summed E-state index contributed by atoms with van der Waals surface area (Å²) < 4.78 is 21.3. The first kappa shape index (κ1) is 19.9. The summed E-state index contributed by atoms with van der Waals surface area (Å²) in [6.45, 7) is 4.01. The number of rotatable bonds is 7. The molecule has 0 heterocycles. The maximum atomic E-state index is 12.5. The van der Waals surface area contributed by atoms with Crippen LogP contribution in [0, 0.1) is 12.8 Å². The monoisotopic (exact) mass is 396 g/mol. The second-order valence-electron chi connectivity index (χ2n) is 6.82. The number of allylic oxidation sites excluding steroid dienone is 2. The average Bonchev–Trinajstić information content (AvgIpc) is 2.68. The maximum Gasteiger partial charge on any atom is 0.159 e. The highest BCUT2D eigenvalue weighted by atomic mass is 32.2. The molecule has 0 saturated carbocycles. The second-order valence-corrected chi connectivity index (χ2v) is 8.03. The topological polar surface area (TPSA) is 81.4 Å². The summed E-state index contributed by atoms with van der Waals surface area (Å²) in [6.07, 6.45) is 6.72. The van der Waals surface area contributed by atoms with E-state index in [9.17, 15) is 9.00 Å². The van der Waals surface area contributed by atoms with E-state index in [0.717, 1.165) is 17.7 Å². The lowest BCUT2D eigenvalue weighted by molar-refractivity contribution is 0.101. The lowest BCUT2D eigenvalue weighted by Gasteiger charge is -2.18. The van der Waals surface area contributed by atoms with Gasteiger partial charge in [0.25, 0.3) is 0 Å². The number of aryl methyl sites for hydroxylation is 1. The highest BCUT2D eigenvalue weighted by Gasteiger charge is 2.13. The Morgan fingerprint density at radius 3 is 2.79 bits per heavy atom. The van der Waals surface area contributed by atoms with Crippen LogP contribution in [0.15, 0.2) is 71.3 Å². The molecule has 2 aromatic carbocycles. The molecule has 0 aliphatic heterocycles. The Morgan fingerprint density at radius 1 is 1.29 bits per heavy atom. The van der Waals surface area contributed by atoms with E-state index >= 15 is 0 Å². The number of ether oxygens (including phenoxy) is 1. The zero-order valence-corrected chi connectivity index (χ0v) is 16.8. The van der Waals surface area contributed by atoms with Crippen LogP contribution in [-0.4, -0.2) is 16.6 Å². The average molecular weight is 397 g/mol. The first-order valence-corrected chi connectivity index (χ1v) is 10.2. The quantitative estimate of drug-likeness (QED) is 0.549. The summed E-state index contributed by atoms with van der Waals surface area (Å²) in [5, 5.41) is 0. The third-order valence-corrected chi connectivity index (χ3v) is 5.58. The molecular formula is C22H24N2O3S. The number of ketones is 1. The number of carbonyl (C=O) groups excluding carboxylic acids is 1. The lowest BCUT2D eigenvalue weighted by atomic mass is 10.0. The van der Waals surface area contributed by atoms with Crippen LogP contribution in [-0.2, 0) is 11.0 Å². The van der Waals surface area contributed by atoms with Crippen molar-refractivity contribution in [3.63, 3.8) is 0 Å². The number of nitrogen functional groups attached to an aromatic ring is 1. The lowest BCUT2D eigenvalue weighted by Crippen LogP contribution is -2.19. The highest BCUT2D eigenvalue weighted by molar-refractivity contribution is 7.83. The van der Waals surface area contributed by atoms with Crippen molar-refractivity contribution in [3.8, 4) is 5.75 Å². The molecule has 0 radical (unpaired) electrons. The number of benzene rings is 2. The number of hydrogen-bond acceptors (Lipinski definition) is 4. The fourth-order valence-corrected chi connectivity index (χ4v) is 3.78. The molecule has 0 fully saturated rings. The van der Waals surface area contributed by atoms with Gasteiger partial charge in [-0.25, -0.2) is 4.21 Å². The molecule has 2 aromatic rings. The molecule has 28 heavy (non-hydrogen) atoms. The second kappa shape index (κ2) is 8.89. The largest absolute Gasteiger partial charge is 0.491 e. The van der Waals surface area contributed by atoms with Crippen molar-refractivity contribution >= 4 is 22.5 Å². The Morgan fingerprint density at radius 2 is 2.11 bits per heavy atom. The summed E-state index contributed by atoms with van der Waals surface area (Å²) in [5.41, 5.74) is 9.06. The van der Waals surface area contributed by atoms with Crippen molar-refractivity contribution in [2.24, 2.45) is 5.92 Å². The van der Waals surface area contributed by atoms with Gasteiger partial charge >= 0.3 is 0 Å². The van der Waals surface area contributed by atoms with E-state index in [0.29, 0.717) is 28.5 Å². The molecule has 146 valence electrons. The first-order chi connectivity index (χ1) is 13.4. The van der Waals surface area contributed by atoms with E-state index in [4.69, 9.17) is 10.5 Å². The Bertz CT molecular complexity index is 966. The molecule has 1 aliphatic rings. The van der Waals surface area contributed by atoms with Crippen LogP contribution in [0.2, 0.25) is 0 Å². The molecule has 1 aliphatic carbocycles.